The fourth-order valence-electron chi connectivity index (χ4n) is 3.16. The number of benzene rings is 1. The number of carboxylic acid groups (broad SMARTS) is 1. The molecular formula is C19H22N2O4. The Labute approximate surface area is 146 Å². The highest BCUT2D eigenvalue weighted by Gasteiger charge is 2.34. The molecule has 1 aromatic carbocycles. The SMILES string of the molecule is O=C(O)COc1ccccc1CN1CCC(O)(c2cccnc2)CC1. The minimum absolute atomic E-state index is 0.349. The van der Waals surface area contributed by atoms with Crippen molar-refractivity contribution in [1.29, 1.82) is 0 Å². The molecule has 1 aromatic heterocycles. The summed E-state index contributed by atoms with van der Waals surface area (Å²) in [6.45, 7) is 1.81. The number of likely N-dealkylation sites (tertiary alicyclic amines) is 1. The summed E-state index contributed by atoms with van der Waals surface area (Å²) in [6, 6.07) is 11.2. The number of ether oxygens (including phenoxy) is 1. The lowest BCUT2D eigenvalue weighted by molar-refractivity contribution is -0.139. The Morgan fingerprint density at radius 2 is 1.96 bits per heavy atom. The van der Waals surface area contributed by atoms with Gasteiger partial charge >= 0.3 is 5.97 Å². The molecule has 0 radical (unpaired) electrons. The quantitative estimate of drug-likeness (QED) is 0.836. The maximum atomic E-state index is 10.9. The van der Waals surface area contributed by atoms with Crippen LogP contribution in [0.3, 0.4) is 0 Å². The molecule has 2 N–H and O–H groups in total. The van der Waals surface area contributed by atoms with Crippen LogP contribution >= 0.6 is 0 Å². The van der Waals surface area contributed by atoms with Gasteiger partial charge in [-0.15, -0.1) is 0 Å². The van der Waals surface area contributed by atoms with Gasteiger partial charge < -0.3 is 14.9 Å². The van der Waals surface area contributed by atoms with Gasteiger partial charge in [0, 0.05) is 43.2 Å². The van der Waals surface area contributed by atoms with Crippen LogP contribution in [0.1, 0.15) is 24.0 Å². The second kappa shape index (κ2) is 7.63. The molecule has 25 heavy (non-hydrogen) atoms. The van der Waals surface area contributed by atoms with Gasteiger partial charge in [-0.3, -0.25) is 9.88 Å². The van der Waals surface area contributed by atoms with Crippen LogP contribution < -0.4 is 4.74 Å². The predicted octanol–water partition coefficient (Wildman–Crippen LogP) is 2.03. The van der Waals surface area contributed by atoms with E-state index in [1.165, 1.54) is 0 Å². The van der Waals surface area contributed by atoms with E-state index in [0.717, 1.165) is 24.2 Å². The number of rotatable bonds is 6. The minimum Gasteiger partial charge on any atom is -0.482 e. The van der Waals surface area contributed by atoms with Crippen molar-refractivity contribution in [2.24, 2.45) is 0 Å². The van der Waals surface area contributed by atoms with Gasteiger partial charge in [0.1, 0.15) is 5.75 Å². The van der Waals surface area contributed by atoms with E-state index in [-0.39, 0.29) is 6.61 Å². The third-order valence-electron chi connectivity index (χ3n) is 4.60. The first-order chi connectivity index (χ1) is 12.1. The van der Waals surface area contributed by atoms with E-state index in [0.29, 0.717) is 25.1 Å². The average Bonchev–Trinajstić information content (AvgIpc) is 2.64. The average molecular weight is 342 g/mol. The molecular weight excluding hydrogens is 320 g/mol. The van der Waals surface area contributed by atoms with Crippen LogP contribution in [-0.4, -0.2) is 45.8 Å². The fourth-order valence-corrected chi connectivity index (χ4v) is 3.16. The van der Waals surface area contributed by atoms with Gasteiger partial charge in [-0.2, -0.15) is 0 Å². The maximum Gasteiger partial charge on any atom is 0.341 e. The molecule has 0 saturated carbocycles. The standard InChI is InChI=1S/C19H22N2O4/c22-18(23)14-25-17-6-2-1-4-15(17)13-21-10-7-19(24,8-11-21)16-5-3-9-20-12-16/h1-6,9,12,24H,7-8,10-11,13-14H2,(H,22,23). The summed E-state index contributed by atoms with van der Waals surface area (Å²) in [5.41, 5.74) is 0.986. The Balaban J connectivity index is 1.62. The summed E-state index contributed by atoms with van der Waals surface area (Å²) in [4.78, 5) is 17.1. The molecule has 0 atom stereocenters. The Kier molecular flexibility index (Phi) is 5.31. The van der Waals surface area contributed by atoms with Crippen molar-refractivity contribution in [2.45, 2.75) is 25.0 Å². The zero-order chi connectivity index (χ0) is 17.7. The van der Waals surface area contributed by atoms with Crippen molar-refractivity contribution in [2.75, 3.05) is 19.7 Å². The van der Waals surface area contributed by atoms with E-state index < -0.39 is 11.6 Å². The predicted molar refractivity (Wildman–Crippen MR) is 92.2 cm³/mol. The summed E-state index contributed by atoms with van der Waals surface area (Å²) < 4.78 is 5.37. The number of carbonyl (C=O) groups is 1. The van der Waals surface area contributed by atoms with Crippen LogP contribution in [-0.2, 0) is 16.9 Å². The van der Waals surface area contributed by atoms with Gasteiger partial charge in [-0.25, -0.2) is 4.79 Å². The summed E-state index contributed by atoms with van der Waals surface area (Å²) >= 11 is 0. The molecule has 2 aromatic rings. The van der Waals surface area contributed by atoms with Gasteiger partial charge in [-0.1, -0.05) is 24.3 Å². The van der Waals surface area contributed by atoms with Crippen molar-refractivity contribution in [3.63, 3.8) is 0 Å². The van der Waals surface area contributed by atoms with Gasteiger partial charge in [0.25, 0.3) is 0 Å². The number of para-hydroxylation sites is 1. The smallest absolute Gasteiger partial charge is 0.341 e. The van der Waals surface area contributed by atoms with E-state index in [9.17, 15) is 9.90 Å². The number of aromatic nitrogens is 1. The molecule has 0 amide bonds. The van der Waals surface area contributed by atoms with Crippen molar-refractivity contribution in [3.8, 4) is 5.75 Å². The first kappa shape index (κ1) is 17.4. The number of carboxylic acids is 1. The first-order valence-corrected chi connectivity index (χ1v) is 8.34. The Hall–Kier alpha value is -2.44. The Bertz CT molecular complexity index is 712. The normalized spacial score (nSPS) is 17.2. The van der Waals surface area contributed by atoms with E-state index in [4.69, 9.17) is 9.84 Å². The summed E-state index contributed by atoms with van der Waals surface area (Å²) in [7, 11) is 0. The molecule has 3 rings (SSSR count). The van der Waals surface area contributed by atoms with Crippen LogP contribution in [0.25, 0.3) is 0 Å². The van der Waals surface area contributed by atoms with Crippen molar-refractivity contribution in [1.82, 2.24) is 9.88 Å². The fraction of sp³-hybridized carbons (Fsp3) is 0.368. The highest BCUT2D eigenvalue weighted by atomic mass is 16.5. The first-order valence-electron chi connectivity index (χ1n) is 8.34. The zero-order valence-corrected chi connectivity index (χ0v) is 14.0. The molecule has 1 aliphatic heterocycles. The van der Waals surface area contributed by atoms with E-state index in [2.05, 4.69) is 9.88 Å². The van der Waals surface area contributed by atoms with Crippen LogP contribution in [0.5, 0.6) is 5.75 Å². The highest BCUT2D eigenvalue weighted by Crippen LogP contribution is 2.33. The lowest BCUT2D eigenvalue weighted by Crippen LogP contribution is -2.42. The van der Waals surface area contributed by atoms with E-state index >= 15 is 0 Å². The largest absolute Gasteiger partial charge is 0.482 e. The lowest BCUT2D eigenvalue weighted by atomic mass is 9.85. The zero-order valence-electron chi connectivity index (χ0n) is 14.0. The molecule has 132 valence electrons. The van der Waals surface area contributed by atoms with Crippen molar-refractivity contribution in [3.05, 3.63) is 59.9 Å². The molecule has 6 nitrogen and oxygen atoms in total. The third-order valence-corrected chi connectivity index (χ3v) is 4.60. The second-order valence-electron chi connectivity index (χ2n) is 6.34. The van der Waals surface area contributed by atoms with E-state index in [1.807, 2.05) is 30.3 Å². The number of piperidine rings is 1. The monoisotopic (exact) mass is 342 g/mol. The number of hydrogen-bond donors (Lipinski definition) is 2. The Morgan fingerprint density at radius 1 is 1.20 bits per heavy atom. The highest BCUT2D eigenvalue weighted by molar-refractivity contribution is 5.68. The molecule has 0 aliphatic carbocycles. The number of pyridine rings is 1. The molecule has 1 aliphatic rings. The molecule has 6 heteroatoms. The van der Waals surface area contributed by atoms with Crippen LogP contribution in [0, 0.1) is 0 Å². The van der Waals surface area contributed by atoms with Crippen molar-refractivity contribution >= 4 is 5.97 Å². The van der Waals surface area contributed by atoms with Crippen molar-refractivity contribution < 1.29 is 19.7 Å². The van der Waals surface area contributed by atoms with Gasteiger partial charge in [0.15, 0.2) is 6.61 Å². The van der Waals surface area contributed by atoms with Crippen LogP contribution in [0.15, 0.2) is 48.8 Å². The van der Waals surface area contributed by atoms with Gasteiger partial charge in [0.05, 0.1) is 5.60 Å². The molecule has 2 heterocycles. The topological polar surface area (TPSA) is 82.9 Å². The second-order valence-corrected chi connectivity index (χ2v) is 6.34. The van der Waals surface area contributed by atoms with E-state index in [1.54, 1.807) is 18.5 Å². The molecule has 1 fully saturated rings. The third kappa shape index (κ3) is 4.35. The maximum absolute atomic E-state index is 10.9. The van der Waals surface area contributed by atoms with Crippen LogP contribution in [0.4, 0.5) is 0 Å². The number of aliphatic carboxylic acids is 1. The number of hydrogen-bond acceptors (Lipinski definition) is 5. The molecule has 0 spiro atoms. The molecule has 0 bridgehead atoms. The Morgan fingerprint density at radius 3 is 2.64 bits per heavy atom. The molecule has 0 unspecified atom stereocenters. The summed E-state index contributed by atoms with van der Waals surface area (Å²) in [6.07, 6.45) is 4.70. The van der Waals surface area contributed by atoms with Gasteiger partial charge in [-0.05, 0) is 25.0 Å². The number of aliphatic hydroxyl groups is 1. The van der Waals surface area contributed by atoms with Crippen LogP contribution in [0.2, 0.25) is 0 Å². The molecule has 1 saturated heterocycles. The number of nitrogens with zero attached hydrogens (tertiary/aromatic N) is 2. The minimum atomic E-state index is -0.991. The lowest BCUT2D eigenvalue weighted by Gasteiger charge is -2.38. The van der Waals surface area contributed by atoms with Gasteiger partial charge in [0.2, 0.25) is 0 Å². The summed E-state index contributed by atoms with van der Waals surface area (Å²) in [5.74, 6) is -0.396. The summed E-state index contributed by atoms with van der Waals surface area (Å²) in [5, 5.41) is 19.7.